The van der Waals surface area contributed by atoms with Gasteiger partial charge >= 0.3 is 0 Å². The van der Waals surface area contributed by atoms with Crippen LogP contribution in [0.1, 0.15) is 30.5 Å². The Labute approximate surface area is 143 Å². The zero-order valence-corrected chi connectivity index (χ0v) is 15.4. The van der Waals surface area contributed by atoms with Gasteiger partial charge in [-0.05, 0) is 54.9 Å². The Hall–Kier alpha value is -0.840. The predicted molar refractivity (Wildman–Crippen MR) is 95.0 cm³/mol. The molecule has 4 heteroatoms. The smallest absolute Gasteiger partial charge is 0.119 e. The molecule has 0 radical (unpaired) electrons. The summed E-state index contributed by atoms with van der Waals surface area (Å²) in [5.41, 5.74) is 2.42. The highest BCUT2D eigenvalue weighted by molar-refractivity contribution is 9.11. The Morgan fingerprint density at radius 1 is 1.00 bits per heavy atom. The summed E-state index contributed by atoms with van der Waals surface area (Å²) in [4.78, 5) is 0. The Morgan fingerprint density at radius 3 is 2.14 bits per heavy atom. The summed E-state index contributed by atoms with van der Waals surface area (Å²) in [6.45, 7) is 2.86. The van der Waals surface area contributed by atoms with Crippen LogP contribution in [0.25, 0.3) is 0 Å². The summed E-state index contributed by atoms with van der Waals surface area (Å²) in [6, 6.07) is 14.7. The number of ether oxygens (including phenoxy) is 1. The minimum absolute atomic E-state index is 0.152. The Morgan fingerprint density at radius 2 is 1.62 bits per heavy atom. The lowest BCUT2D eigenvalue weighted by Crippen LogP contribution is -2.17. The van der Waals surface area contributed by atoms with Crippen LogP contribution in [0.5, 0.6) is 5.75 Å². The normalized spacial score (nSPS) is 12.2. The van der Waals surface area contributed by atoms with E-state index in [1.165, 1.54) is 11.1 Å². The number of halogens is 2. The van der Waals surface area contributed by atoms with Crippen LogP contribution >= 0.6 is 31.9 Å². The fourth-order valence-corrected chi connectivity index (χ4v) is 3.57. The molecule has 0 bridgehead atoms. The highest BCUT2D eigenvalue weighted by atomic mass is 79.9. The fraction of sp³-hybridized carbons (Fsp3) is 0.294. The number of rotatable bonds is 6. The average Bonchev–Trinajstić information content (AvgIpc) is 2.46. The van der Waals surface area contributed by atoms with E-state index < -0.39 is 0 Å². The summed E-state index contributed by atoms with van der Waals surface area (Å²) >= 11 is 7.09. The van der Waals surface area contributed by atoms with E-state index in [0.29, 0.717) is 0 Å². The first-order valence-corrected chi connectivity index (χ1v) is 8.58. The van der Waals surface area contributed by atoms with Crippen LogP contribution in [0.3, 0.4) is 0 Å². The molecular formula is C17H19Br2NO. The first-order valence-electron chi connectivity index (χ1n) is 7.00. The van der Waals surface area contributed by atoms with Gasteiger partial charge in [-0.2, -0.15) is 0 Å². The van der Waals surface area contributed by atoms with Gasteiger partial charge in [0, 0.05) is 8.95 Å². The lowest BCUT2D eigenvalue weighted by molar-refractivity contribution is 0.317. The number of hydrogen-bond acceptors (Lipinski definition) is 2. The van der Waals surface area contributed by atoms with Crippen molar-refractivity contribution in [3.05, 3.63) is 62.5 Å². The Balaban J connectivity index is 2.24. The highest BCUT2D eigenvalue weighted by Gasteiger charge is 2.13. The van der Waals surface area contributed by atoms with E-state index in [1.807, 2.05) is 25.2 Å². The molecule has 2 nitrogen and oxygen atoms in total. The molecule has 0 fully saturated rings. The molecule has 2 rings (SSSR count). The van der Waals surface area contributed by atoms with E-state index in [-0.39, 0.29) is 6.04 Å². The van der Waals surface area contributed by atoms with E-state index in [1.54, 1.807) is 0 Å². The summed E-state index contributed by atoms with van der Waals surface area (Å²) in [7, 11) is 1.97. The molecule has 0 aliphatic rings. The van der Waals surface area contributed by atoms with Gasteiger partial charge in [-0.25, -0.2) is 0 Å². The summed E-state index contributed by atoms with van der Waals surface area (Å²) in [5, 5.41) is 3.37. The second kappa shape index (κ2) is 7.97. The molecule has 0 aliphatic carbocycles. The summed E-state index contributed by atoms with van der Waals surface area (Å²) in [5.74, 6) is 0.922. The van der Waals surface area contributed by atoms with Crippen molar-refractivity contribution in [1.29, 1.82) is 0 Å². The molecule has 0 saturated carbocycles. The van der Waals surface area contributed by atoms with Crippen molar-refractivity contribution in [2.45, 2.75) is 19.4 Å². The molecule has 0 amide bonds. The van der Waals surface area contributed by atoms with Gasteiger partial charge in [-0.15, -0.1) is 0 Å². The largest absolute Gasteiger partial charge is 0.494 e. The molecule has 2 aromatic carbocycles. The third-order valence-corrected chi connectivity index (χ3v) is 4.11. The van der Waals surface area contributed by atoms with Gasteiger partial charge in [-0.3, -0.25) is 0 Å². The lowest BCUT2D eigenvalue weighted by Gasteiger charge is -2.18. The van der Waals surface area contributed by atoms with Crippen LogP contribution in [0.4, 0.5) is 0 Å². The van der Waals surface area contributed by atoms with Gasteiger partial charge < -0.3 is 10.1 Å². The van der Waals surface area contributed by atoms with Crippen LogP contribution in [0, 0.1) is 0 Å². The first-order chi connectivity index (χ1) is 10.1. The first kappa shape index (κ1) is 16.5. The number of benzene rings is 2. The predicted octanol–water partition coefficient (Wildman–Crippen LogP) is 5.31. The van der Waals surface area contributed by atoms with E-state index in [9.17, 15) is 0 Å². The SMILES string of the molecule is CCCOc1ccc(C(NC)c2cc(Br)cc(Br)c2)cc1. The third kappa shape index (κ3) is 4.56. The monoisotopic (exact) mass is 411 g/mol. The van der Waals surface area contributed by atoms with Crippen LogP contribution in [0.15, 0.2) is 51.4 Å². The van der Waals surface area contributed by atoms with E-state index in [2.05, 4.69) is 68.4 Å². The van der Waals surface area contributed by atoms with E-state index >= 15 is 0 Å². The molecule has 1 atom stereocenters. The van der Waals surface area contributed by atoms with Crippen LogP contribution < -0.4 is 10.1 Å². The number of nitrogens with one attached hydrogen (secondary N) is 1. The van der Waals surface area contributed by atoms with Crippen molar-refractivity contribution in [3.8, 4) is 5.75 Å². The van der Waals surface area contributed by atoms with Gasteiger partial charge in [0.2, 0.25) is 0 Å². The Kier molecular flexibility index (Phi) is 6.27. The molecule has 0 spiro atoms. The maximum atomic E-state index is 5.63. The highest BCUT2D eigenvalue weighted by Crippen LogP contribution is 2.29. The molecule has 2 aromatic rings. The quantitative estimate of drug-likeness (QED) is 0.694. The van der Waals surface area contributed by atoms with Gasteiger partial charge in [0.25, 0.3) is 0 Å². The summed E-state index contributed by atoms with van der Waals surface area (Å²) in [6.07, 6.45) is 1.02. The summed E-state index contributed by atoms with van der Waals surface area (Å²) < 4.78 is 7.76. The Bertz CT molecular complexity index is 564. The maximum Gasteiger partial charge on any atom is 0.119 e. The third-order valence-electron chi connectivity index (χ3n) is 3.19. The van der Waals surface area contributed by atoms with Crippen molar-refractivity contribution < 1.29 is 4.74 Å². The fourth-order valence-electron chi connectivity index (χ4n) is 2.24. The van der Waals surface area contributed by atoms with Crippen LogP contribution in [-0.2, 0) is 0 Å². The standard InChI is InChI=1S/C17H19Br2NO/c1-3-8-21-16-6-4-12(5-7-16)17(20-2)13-9-14(18)11-15(19)10-13/h4-7,9-11,17,20H,3,8H2,1-2H3. The number of hydrogen-bond donors (Lipinski definition) is 1. The van der Waals surface area contributed by atoms with Crippen molar-refractivity contribution in [2.75, 3.05) is 13.7 Å². The second-order valence-electron chi connectivity index (χ2n) is 4.84. The molecule has 1 N–H and O–H groups in total. The van der Waals surface area contributed by atoms with Crippen molar-refractivity contribution in [3.63, 3.8) is 0 Å². The lowest BCUT2D eigenvalue weighted by atomic mass is 9.99. The van der Waals surface area contributed by atoms with Gasteiger partial charge in [0.1, 0.15) is 5.75 Å². The molecule has 0 aliphatic heterocycles. The molecule has 0 aromatic heterocycles. The molecule has 1 unspecified atom stereocenters. The minimum atomic E-state index is 0.152. The van der Waals surface area contributed by atoms with Gasteiger partial charge in [0.05, 0.1) is 12.6 Å². The second-order valence-corrected chi connectivity index (χ2v) is 6.67. The van der Waals surface area contributed by atoms with Gasteiger partial charge in [0.15, 0.2) is 0 Å². The zero-order valence-electron chi connectivity index (χ0n) is 12.2. The molecular weight excluding hydrogens is 394 g/mol. The maximum absolute atomic E-state index is 5.63. The molecule has 0 heterocycles. The zero-order chi connectivity index (χ0) is 15.2. The van der Waals surface area contributed by atoms with E-state index in [4.69, 9.17) is 4.74 Å². The average molecular weight is 413 g/mol. The van der Waals surface area contributed by atoms with Crippen LogP contribution in [0.2, 0.25) is 0 Å². The molecule has 112 valence electrons. The van der Waals surface area contributed by atoms with Crippen molar-refractivity contribution in [1.82, 2.24) is 5.32 Å². The van der Waals surface area contributed by atoms with E-state index in [0.717, 1.165) is 27.7 Å². The van der Waals surface area contributed by atoms with Gasteiger partial charge in [-0.1, -0.05) is 50.9 Å². The van der Waals surface area contributed by atoms with Crippen LogP contribution in [-0.4, -0.2) is 13.7 Å². The molecule has 21 heavy (non-hydrogen) atoms. The minimum Gasteiger partial charge on any atom is -0.494 e. The van der Waals surface area contributed by atoms with Crippen molar-refractivity contribution >= 4 is 31.9 Å². The molecule has 0 saturated heterocycles. The topological polar surface area (TPSA) is 21.3 Å². The van der Waals surface area contributed by atoms with Crippen molar-refractivity contribution in [2.24, 2.45) is 0 Å².